The average Bonchev–Trinajstić information content (AvgIpc) is 2.14. The minimum Gasteiger partial charge on any atom is -0.515 e. The lowest BCUT2D eigenvalue weighted by Crippen LogP contribution is -2.18. The summed E-state index contributed by atoms with van der Waals surface area (Å²) in [4.78, 5) is 13.2. The molecule has 0 spiro atoms. The van der Waals surface area contributed by atoms with Gasteiger partial charge in [-0.1, -0.05) is 6.92 Å². The lowest BCUT2D eigenvalue weighted by Gasteiger charge is -2.07. The van der Waals surface area contributed by atoms with E-state index in [2.05, 4.69) is 9.58 Å². The third-order valence-corrected chi connectivity index (χ3v) is 1.24. The number of aliphatic hydroxyl groups excluding tert-OH is 1. The zero-order chi connectivity index (χ0) is 12.1. The Morgan fingerprint density at radius 3 is 2.40 bits per heavy atom. The molecule has 0 heterocycles. The molecule has 0 aromatic carbocycles. The SMILES string of the molecule is [C-]#[N+]/C(C(=O)OCCC)=C(/O)C(F)(F)F. The van der Waals surface area contributed by atoms with Crippen LogP contribution in [0.15, 0.2) is 11.5 Å². The van der Waals surface area contributed by atoms with Gasteiger partial charge < -0.3 is 9.84 Å². The van der Waals surface area contributed by atoms with Crippen LogP contribution in [0.25, 0.3) is 4.85 Å². The molecule has 0 atom stereocenters. The van der Waals surface area contributed by atoms with Crippen LogP contribution in [0.5, 0.6) is 0 Å². The molecular weight excluding hydrogens is 215 g/mol. The quantitative estimate of drug-likeness (QED) is 0.345. The van der Waals surface area contributed by atoms with Crippen molar-refractivity contribution in [1.29, 1.82) is 0 Å². The maximum absolute atomic E-state index is 11.9. The topological polar surface area (TPSA) is 50.9 Å². The van der Waals surface area contributed by atoms with Gasteiger partial charge in [0, 0.05) is 0 Å². The van der Waals surface area contributed by atoms with E-state index in [9.17, 15) is 18.0 Å². The van der Waals surface area contributed by atoms with Gasteiger partial charge in [-0.05, 0) is 6.42 Å². The number of rotatable bonds is 3. The van der Waals surface area contributed by atoms with Crippen LogP contribution in [0.2, 0.25) is 0 Å². The molecule has 0 aliphatic rings. The molecule has 84 valence electrons. The highest BCUT2D eigenvalue weighted by Crippen LogP contribution is 2.26. The molecule has 0 saturated carbocycles. The maximum atomic E-state index is 11.9. The molecule has 15 heavy (non-hydrogen) atoms. The Balaban J connectivity index is 4.92. The molecule has 4 nitrogen and oxygen atoms in total. The summed E-state index contributed by atoms with van der Waals surface area (Å²) in [5, 5.41) is 8.56. The second kappa shape index (κ2) is 5.24. The van der Waals surface area contributed by atoms with Gasteiger partial charge in [0.2, 0.25) is 5.76 Å². The third kappa shape index (κ3) is 3.89. The molecule has 0 aliphatic carbocycles. The summed E-state index contributed by atoms with van der Waals surface area (Å²) in [6.07, 6.45) is -4.71. The number of allylic oxidation sites excluding steroid dienone is 1. The van der Waals surface area contributed by atoms with Crippen molar-refractivity contribution in [2.24, 2.45) is 0 Å². The van der Waals surface area contributed by atoms with Crippen molar-refractivity contribution in [3.8, 4) is 0 Å². The van der Waals surface area contributed by atoms with Gasteiger partial charge in [-0.15, -0.1) is 0 Å². The van der Waals surface area contributed by atoms with E-state index in [-0.39, 0.29) is 6.61 Å². The highest BCUT2D eigenvalue weighted by atomic mass is 19.4. The molecular formula is C8H8F3NO3. The Morgan fingerprint density at radius 2 is 2.07 bits per heavy atom. The molecule has 0 aliphatic heterocycles. The van der Waals surface area contributed by atoms with Crippen molar-refractivity contribution in [1.82, 2.24) is 0 Å². The Bertz CT molecular complexity index is 314. The van der Waals surface area contributed by atoms with Gasteiger partial charge in [-0.3, -0.25) is 4.79 Å². The van der Waals surface area contributed by atoms with Crippen LogP contribution in [0, 0.1) is 6.57 Å². The fourth-order valence-electron chi connectivity index (χ4n) is 0.593. The smallest absolute Gasteiger partial charge is 0.438 e. The fraction of sp³-hybridized carbons (Fsp3) is 0.500. The molecule has 0 rings (SSSR count). The van der Waals surface area contributed by atoms with E-state index in [0.717, 1.165) is 0 Å². The van der Waals surface area contributed by atoms with Crippen molar-refractivity contribution < 1.29 is 27.8 Å². The van der Waals surface area contributed by atoms with Crippen molar-refractivity contribution in [2.75, 3.05) is 6.61 Å². The highest BCUT2D eigenvalue weighted by molar-refractivity contribution is 5.91. The fourth-order valence-corrected chi connectivity index (χ4v) is 0.593. The molecule has 0 radical (unpaired) electrons. The van der Waals surface area contributed by atoms with Gasteiger partial charge in [0.15, 0.2) is 0 Å². The number of aliphatic hydroxyl groups is 1. The largest absolute Gasteiger partial charge is 0.515 e. The number of alkyl halides is 3. The summed E-state index contributed by atoms with van der Waals surface area (Å²) < 4.78 is 40.0. The van der Waals surface area contributed by atoms with Crippen molar-refractivity contribution >= 4 is 5.97 Å². The molecule has 0 bridgehead atoms. The number of esters is 1. The number of carbonyl (C=O) groups excluding carboxylic acids is 1. The minimum atomic E-state index is -5.12. The number of ether oxygens (including phenoxy) is 1. The standard InChI is InChI=1S/C8H8F3NO3/c1-3-4-15-7(14)5(12-2)6(13)8(9,10)11/h13H,3-4H2,1H3/b6-5+. The summed E-state index contributed by atoms with van der Waals surface area (Å²) in [7, 11) is 0. The van der Waals surface area contributed by atoms with Crippen LogP contribution in [0.3, 0.4) is 0 Å². The predicted octanol–water partition coefficient (Wildman–Crippen LogP) is 2.19. The van der Waals surface area contributed by atoms with Crippen LogP contribution in [0.1, 0.15) is 13.3 Å². The third-order valence-electron chi connectivity index (χ3n) is 1.24. The van der Waals surface area contributed by atoms with Crippen LogP contribution >= 0.6 is 0 Å². The normalized spacial score (nSPS) is 12.7. The van der Waals surface area contributed by atoms with Crippen LogP contribution in [-0.4, -0.2) is 23.9 Å². The Morgan fingerprint density at radius 1 is 1.53 bits per heavy atom. The first-order valence-electron chi connectivity index (χ1n) is 3.89. The first kappa shape index (κ1) is 13.3. The van der Waals surface area contributed by atoms with E-state index < -0.39 is 23.6 Å². The molecule has 0 fully saturated rings. The van der Waals surface area contributed by atoms with Gasteiger partial charge in [0.05, 0.1) is 13.2 Å². The summed E-state index contributed by atoms with van der Waals surface area (Å²) in [5.74, 6) is -3.69. The second-order valence-electron chi connectivity index (χ2n) is 2.44. The highest BCUT2D eigenvalue weighted by Gasteiger charge is 2.39. The monoisotopic (exact) mass is 223 g/mol. The Kier molecular flexibility index (Phi) is 4.64. The van der Waals surface area contributed by atoms with Crippen molar-refractivity contribution in [2.45, 2.75) is 19.5 Å². The zero-order valence-corrected chi connectivity index (χ0v) is 7.76. The van der Waals surface area contributed by atoms with Gasteiger partial charge in [-0.25, -0.2) is 4.85 Å². The van der Waals surface area contributed by atoms with Crippen LogP contribution < -0.4 is 0 Å². The lowest BCUT2D eigenvalue weighted by atomic mass is 10.3. The number of halogens is 3. The molecule has 1 N–H and O–H groups in total. The van der Waals surface area contributed by atoms with E-state index in [0.29, 0.717) is 6.42 Å². The van der Waals surface area contributed by atoms with E-state index in [4.69, 9.17) is 11.7 Å². The zero-order valence-electron chi connectivity index (χ0n) is 7.76. The summed E-state index contributed by atoms with van der Waals surface area (Å²) >= 11 is 0. The van der Waals surface area contributed by atoms with E-state index >= 15 is 0 Å². The van der Waals surface area contributed by atoms with Crippen LogP contribution in [0.4, 0.5) is 13.2 Å². The summed E-state index contributed by atoms with van der Waals surface area (Å²) in [5.41, 5.74) is -1.45. The molecule has 0 aromatic rings. The van der Waals surface area contributed by atoms with Gasteiger partial charge in [-0.2, -0.15) is 13.2 Å². The first-order valence-corrected chi connectivity index (χ1v) is 3.89. The summed E-state index contributed by atoms with van der Waals surface area (Å²) in [6.45, 7) is 7.87. The van der Waals surface area contributed by atoms with Crippen molar-refractivity contribution in [3.63, 3.8) is 0 Å². The number of carbonyl (C=O) groups is 1. The van der Waals surface area contributed by atoms with Crippen LogP contribution in [-0.2, 0) is 9.53 Å². The molecule has 0 amide bonds. The van der Waals surface area contributed by atoms with Gasteiger partial charge in [0.1, 0.15) is 0 Å². The van der Waals surface area contributed by atoms with E-state index in [1.165, 1.54) is 0 Å². The average molecular weight is 223 g/mol. The van der Waals surface area contributed by atoms with Gasteiger partial charge in [0.25, 0.3) is 0 Å². The molecule has 7 heteroatoms. The first-order chi connectivity index (χ1) is 6.84. The van der Waals surface area contributed by atoms with E-state index in [1.54, 1.807) is 6.92 Å². The second-order valence-corrected chi connectivity index (χ2v) is 2.44. The number of hydrogen-bond donors (Lipinski definition) is 1. The lowest BCUT2D eigenvalue weighted by molar-refractivity contribution is -0.142. The number of hydrogen-bond acceptors (Lipinski definition) is 3. The summed E-state index contributed by atoms with van der Waals surface area (Å²) in [6, 6.07) is 0. The molecule has 0 saturated heterocycles. The molecule has 0 aromatic heterocycles. The van der Waals surface area contributed by atoms with Crippen molar-refractivity contribution in [3.05, 3.63) is 22.9 Å². The predicted molar refractivity (Wildman–Crippen MR) is 43.6 cm³/mol. The number of nitrogens with zero attached hydrogens (tertiary/aromatic N) is 1. The minimum absolute atomic E-state index is 0.108. The Hall–Kier alpha value is -1.71. The van der Waals surface area contributed by atoms with E-state index in [1.807, 2.05) is 0 Å². The maximum Gasteiger partial charge on any atom is 0.438 e. The van der Waals surface area contributed by atoms with Gasteiger partial charge >= 0.3 is 17.8 Å². The molecule has 0 unspecified atom stereocenters. The Labute approximate surface area is 83.8 Å².